The van der Waals surface area contributed by atoms with Crippen LogP contribution in [0.1, 0.15) is 40.5 Å². The molecule has 1 saturated heterocycles. The average molecular weight is 394 g/mol. The molecular weight excluding hydrogens is 362 g/mol. The lowest BCUT2D eigenvalue weighted by molar-refractivity contribution is -0.205. The number of thioether (sulfide) groups is 1. The predicted molar refractivity (Wildman–Crippen MR) is 101 cm³/mol. The molecule has 4 N–H and O–H groups in total. The number of rotatable bonds is 2. The van der Waals surface area contributed by atoms with Crippen LogP contribution in [-0.2, 0) is 16.1 Å². The van der Waals surface area contributed by atoms with Crippen LogP contribution in [0.4, 0.5) is 0 Å². The number of ether oxygens (including phenoxy) is 1. The standard InChI is InChI=1S/C17H31NO5S2/c1-10-8-6-5-7-9-24-16-14(21)12(19)13(20)15(23-16)11(10)18-25(22)17(2,3)4/h6,8,10-16,18-21H,5,7,9H2,1-4H3/b8-6+/t10-,11-,12+,13-,14-,15-,16-,25-/m1/s1. The number of allylic oxidation sites excluding steroid dienone is 1. The van der Waals surface area contributed by atoms with E-state index in [9.17, 15) is 19.9 Å². The Balaban J connectivity index is 2.30. The Bertz CT molecular complexity index is 459. The van der Waals surface area contributed by atoms with Gasteiger partial charge in [-0.3, -0.25) is 0 Å². The molecule has 2 rings (SSSR count). The van der Waals surface area contributed by atoms with Crippen LogP contribution >= 0.6 is 11.8 Å². The number of fused-ring (bicyclic) bond motifs is 2. The zero-order valence-electron chi connectivity index (χ0n) is 15.3. The Morgan fingerprint density at radius 1 is 1.20 bits per heavy atom. The van der Waals surface area contributed by atoms with E-state index in [4.69, 9.17) is 4.74 Å². The highest BCUT2D eigenvalue weighted by Gasteiger charge is 2.49. The normalized spacial score (nSPS) is 43.1. The fourth-order valence-electron chi connectivity index (χ4n) is 2.91. The monoisotopic (exact) mass is 393 g/mol. The van der Waals surface area contributed by atoms with E-state index in [1.54, 1.807) is 0 Å². The molecule has 2 aliphatic rings. The van der Waals surface area contributed by atoms with E-state index in [1.807, 2.05) is 33.8 Å². The van der Waals surface area contributed by atoms with E-state index in [2.05, 4.69) is 10.8 Å². The topological polar surface area (TPSA) is 105 Å². The molecule has 0 radical (unpaired) electrons. The van der Waals surface area contributed by atoms with Crippen molar-refractivity contribution < 1.29 is 24.6 Å². The lowest BCUT2D eigenvalue weighted by atomic mass is 9.88. The lowest BCUT2D eigenvalue weighted by Gasteiger charge is -2.44. The summed E-state index contributed by atoms with van der Waals surface area (Å²) in [7, 11) is 0. The minimum atomic E-state index is -1.35. The SMILES string of the molecule is C[C@@H]1/C=C/CCCS[C@H]2O[C@@H]([C@H](O)[C@H](O)[C@H]2O)[C@@H]1N[S@+]([O-])C(C)(C)C. The van der Waals surface area contributed by atoms with Gasteiger partial charge in [-0.1, -0.05) is 19.1 Å². The summed E-state index contributed by atoms with van der Waals surface area (Å²) in [6, 6.07) is -0.449. The first-order chi connectivity index (χ1) is 11.6. The van der Waals surface area contributed by atoms with Crippen molar-refractivity contribution in [3.05, 3.63) is 12.2 Å². The summed E-state index contributed by atoms with van der Waals surface area (Å²) in [5.74, 6) is 0.735. The number of hydrogen-bond donors (Lipinski definition) is 4. The number of aliphatic hydroxyl groups is 3. The van der Waals surface area contributed by atoms with E-state index in [0.29, 0.717) is 0 Å². The van der Waals surface area contributed by atoms with Crippen molar-refractivity contribution in [2.75, 3.05) is 5.75 Å². The van der Waals surface area contributed by atoms with Crippen molar-refractivity contribution in [3.8, 4) is 0 Å². The van der Waals surface area contributed by atoms with Gasteiger partial charge in [0.15, 0.2) is 0 Å². The number of hydrogen-bond acceptors (Lipinski definition) is 7. The highest BCUT2D eigenvalue weighted by atomic mass is 32.2. The van der Waals surface area contributed by atoms with Crippen molar-refractivity contribution in [1.29, 1.82) is 0 Å². The van der Waals surface area contributed by atoms with Gasteiger partial charge in [0.05, 0.1) is 6.04 Å². The van der Waals surface area contributed by atoms with E-state index in [-0.39, 0.29) is 5.92 Å². The second-order valence-electron chi connectivity index (χ2n) is 7.77. The predicted octanol–water partition coefficient (Wildman–Crippen LogP) is 0.934. The van der Waals surface area contributed by atoms with Crippen molar-refractivity contribution in [2.24, 2.45) is 5.92 Å². The highest BCUT2D eigenvalue weighted by molar-refractivity contribution is 7.99. The van der Waals surface area contributed by atoms with Crippen LogP contribution < -0.4 is 4.72 Å². The van der Waals surface area contributed by atoms with Gasteiger partial charge in [-0.15, -0.1) is 16.5 Å². The smallest absolute Gasteiger partial charge is 0.136 e. The van der Waals surface area contributed by atoms with Crippen LogP contribution in [-0.4, -0.2) is 66.3 Å². The molecule has 0 aromatic heterocycles. The van der Waals surface area contributed by atoms with Gasteiger partial charge in [0.2, 0.25) is 0 Å². The molecule has 25 heavy (non-hydrogen) atoms. The molecule has 146 valence electrons. The average Bonchev–Trinajstić information content (AvgIpc) is 2.56. The summed E-state index contributed by atoms with van der Waals surface area (Å²) >= 11 is 0.0913. The molecule has 0 spiro atoms. The van der Waals surface area contributed by atoms with Gasteiger partial charge in [-0.25, -0.2) is 0 Å². The van der Waals surface area contributed by atoms with Crippen LogP contribution in [0.15, 0.2) is 12.2 Å². The Hall–Kier alpha value is 0.200. The second-order valence-corrected chi connectivity index (χ2v) is 11.0. The molecule has 6 nitrogen and oxygen atoms in total. The molecular formula is C17H31NO5S2. The molecule has 0 aromatic rings. The third-order valence-electron chi connectivity index (χ3n) is 4.56. The number of nitrogens with one attached hydrogen (secondary N) is 1. The van der Waals surface area contributed by atoms with Crippen molar-refractivity contribution in [3.63, 3.8) is 0 Å². The third-order valence-corrected chi connectivity index (χ3v) is 7.40. The zero-order chi connectivity index (χ0) is 18.8. The Morgan fingerprint density at radius 2 is 1.88 bits per heavy atom. The quantitative estimate of drug-likeness (QED) is 0.409. The minimum absolute atomic E-state index is 0.0582. The first-order valence-corrected chi connectivity index (χ1v) is 11.0. The highest BCUT2D eigenvalue weighted by Crippen LogP contribution is 2.33. The molecule has 0 aliphatic carbocycles. The van der Waals surface area contributed by atoms with Crippen molar-refractivity contribution in [1.82, 2.24) is 4.72 Å². The molecule has 0 unspecified atom stereocenters. The van der Waals surface area contributed by atoms with Crippen molar-refractivity contribution in [2.45, 2.75) is 81.2 Å². The Morgan fingerprint density at radius 3 is 2.52 bits per heavy atom. The summed E-state index contributed by atoms with van der Waals surface area (Å²) in [5.41, 5.74) is -0.610. The zero-order valence-corrected chi connectivity index (χ0v) is 16.9. The first kappa shape index (κ1) is 21.5. The summed E-state index contributed by atoms with van der Waals surface area (Å²) in [6.45, 7) is 7.59. The maximum Gasteiger partial charge on any atom is 0.136 e. The van der Waals surface area contributed by atoms with E-state index < -0.39 is 52.0 Å². The van der Waals surface area contributed by atoms with Gasteiger partial charge in [0.1, 0.15) is 34.6 Å². The van der Waals surface area contributed by atoms with Crippen LogP contribution in [0, 0.1) is 5.92 Å². The largest absolute Gasteiger partial charge is 0.598 e. The maximum absolute atomic E-state index is 12.6. The lowest BCUT2D eigenvalue weighted by Crippen LogP contribution is -2.64. The van der Waals surface area contributed by atoms with E-state index in [1.165, 1.54) is 11.8 Å². The van der Waals surface area contributed by atoms with Crippen molar-refractivity contribution >= 4 is 23.1 Å². The van der Waals surface area contributed by atoms with E-state index in [0.717, 1.165) is 18.6 Å². The Kier molecular flexibility index (Phi) is 7.68. The molecule has 2 aliphatic heterocycles. The van der Waals surface area contributed by atoms with Crippen LogP contribution in [0.5, 0.6) is 0 Å². The van der Waals surface area contributed by atoms with Crippen LogP contribution in [0.2, 0.25) is 0 Å². The fraction of sp³-hybridized carbons (Fsp3) is 0.882. The van der Waals surface area contributed by atoms with Gasteiger partial charge in [0.25, 0.3) is 0 Å². The third kappa shape index (κ3) is 5.35. The molecule has 0 aromatic carbocycles. The maximum atomic E-state index is 12.6. The number of aliphatic hydroxyl groups excluding tert-OH is 3. The first-order valence-electron chi connectivity index (χ1n) is 8.79. The summed E-state index contributed by atoms with van der Waals surface area (Å²) in [4.78, 5) is 0. The molecule has 8 atom stereocenters. The molecule has 2 bridgehead atoms. The fourth-order valence-corrected chi connectivity index (χ4v) is 4.99. The molecule has 1 fully saturated rings. The van der Waals surface area contributed by atoms with Gasteiger partial charge in [0, 0.05) is 11.4 Å². The summed E-state index contributed by atoms with van der Waals surface area (Å²) in [6.07, 6.45) is 1.53. The van der Waals surface area contributed by atoms with Gasteiger partial charge < -0.3 is 24.6 Å². The minimum Gasteiger partial charge on any atom is -0.598 e. The second kappa shape index (κ2) is 8.93. The molecule has 8 heteroatoms. The van der Waals surface area contributed by atoms with E-state index >= 15 is 0 Å². The van der Waals surface area contributed by atoms with Gasteiger partial charge >= 0.3 is 0 Å². The van der Waals surface area contributed by atoms with Crippen LogP contribution in [0.25, 0.3) is 0 Å². The van der Waals surface area contributed by atoms with Gasteiger partial charge in [-0.05, 0) is 45.3 Å². The molecule has 2 heterocycles. The summed E-state index contributed by atoms with van der Waals surface area (Å²) < 4.78 is 21.2. The summed E-state index contributed by atoms with van der Waals surface area (Å²) in [5, 5.41) is 31.0. The van der Waals surface area contributed by atoms with Gasteiger partial charge in [-0.2, -0.15) is 0 Å². The van der Waals surface area contributed by atoms with Crippen LogP contribution in [0.3, 0.4) is 0 Å². The molecule has 0 amide bonds. The Labute approximate surface area is 157 Å². The molecule has 0 saturated carbocycles.